The molecular formula is C33H26N2O7. The van der Waals surface area contributed by atoms with Crippen molar-refractivity contribution in [1.82, 2.24) is 0 Å². The molecule has 9 nitrogen and oxygen atoms in total. The van der Waals surface area contributed by atoms with E-state index >= 15 is 0 Å². The van der Waals surface area contributed by atoms with Crippen LogP contribution in [0.4, 0.5) is 5.69 Å². The molecule has 5 aromatic rings. The van der Waals surface area contributed by atoms with Gasteiger partial charge >= 0.3 is 11.9 Å². The number of carbonyl (C=O) groups excluding carboxylic acids is 1. The molecule has 0 aromatic heterocycles. The van der Waals surface area contributed by atoms with Crippen LogP contribution in [0.1, 0.15) is 29.8 Å². The Morgan fingerprint density at radius 1 is 0.881 bits per heavy atom. The Morgan fingerprint density at radius 3 is 2.12 bits per heavy atom. The second kappa shape index (κ2) is 11.5. The monoisotopic (exact) mass is 562 g/mol. The van der Waals surface area contributed by atoms with Crippen molar-refractivity contribution in [3.63, 3.8) is 0 Å². The summed E-state index contributed by atoms with van der Waals surface area (Å²) >= 11 is 0. The van der Waals surface area contributed by atoms with Gasteiger partial charge in [0, 0.05) is 35.0 Å². The summed E-state index contributed by atoms with van der Waals surface area (Å²) in [6.07, 6.45) is 1.36. The fourth-order valence-electron chi connectivity index (χ4n) is 4.86. The molecule has 0 radical (unpaired) electrons. The van der Waals surface area contributed by atoms with E-state index in [2.05, 4.69) is 4.99 Å². The molecule has 0 bridgehead atoms. The number of aromatic hydroxyl groups is 1. The Bertz CT molecular complexity index is 1880. The van der Waals surface area contributed by atoms with Crippen LogP contribution < -0.4 is 4.74 Å². The summed E-state index contributed by atoms with van der Waals surface area (Å²) in [5, 5.41) is 35.3. The summed E-state index contributed by atoms with van der Waals surface area (Å²) in [5.74, 6) is -2.07. The smallest absolute Gasteiger partial charge is 0.343 e. The minimum atomic E-state index is -1.07. The number of phenolic OH excluding ortho intramolecular Hbond substituents is 1. The van der Waals surface area contributed by atoms with Crippen LogP contribution in [-0.4, -0.2) is 39.3 Å². The van der Waals surface area contributed by atoms with E-state index in [1.54, 1.807) is 32.0 Å². The van der Waals surface area contributed by atoms with Crippen molar-refractivity contribution in [3.05, 3.63) is 112 Å². The zero-order valence-corrected chi connectivity index (χ0v) is 22.7. The molecule has 0 spiro atoms. The van der Waals surface area contributed by atoms with E-state index < -0.39 is 22.9 Å². The van der Waals surface area contributed by atoms with Crippen LogP contribution in [-0.2, 0) is 4.79 Å². The van der Waals surface area contributed by atoms with Gasteiger partial charge in [-0.15, -0.1) is 0 Å². The van der Waals surface area contributed by atoms with Gasteiger partial charge in [-0.2, -0.15) is 0 Å². The molecule has 0 aliphatic heterocycles. The van der Waals surface area contributed by atoms with E-state index in [1.807, 2.05) is 48.5 Å². The molecule has 0 amide bonds. The van der Waals surface area contributed by atoms with Crippen molar-refractivity contribution in [2.24, 2.45) is 10.9 Å². The number of carboxylic acids is 1. The second-order valence-electron chi connectivity index (χ2n) is 10.1. The number of carboxylic acid groups (broad SMARTS) is 1. The maximum Gasteiger partial charge on any atom is 0.343 e. The van der Waals surface area contributed by atoms with Gasteiger partial charge in [-0.3, -0.25) is 15.1 Å². The third-order valence-corrected chi connectivity index (χ3v) is 6.97. The van der Waals surface area contributed by atoms with Crippen LogP contribution in [0.2, 0.25) is 0 Å². The number of aliphatic imine (C=N–C) groups is 1. The molecule has 9 heteroatoms. The number of aliphatic carboxylic acids is 1. The number of non-ortho nitro benzene ring substituents is 1. The van der Waals surface area contributed by atoms with Crippen molar-refractivity contribution in [1.29, 1.82) is 0 Å². The first-order chi connectivity index (χ1) is 20.2. The van der Waals surface area contributed by atoms with Crippen LogP contribution in [0, 0.1) is 16.0 Å². The van der Waals surface area contributed by atoms with Crippen LogP contribution in [0.25, 0.3) is 32.7 Å². The fraction of sp³-hybridized carbons (Fsp3) is 0.121. The summed E-state index contributed by atoms with van der Waals surface area (Å²) in [5.41, 5.74) is 1.09. The number of benzene rings is 5. The maximum absolute atomic E-state index is 13.2. The van der Waals surface area contributed by atoms with E-state index in [0.29, 0.717) is 27.5 Å². The molecule has 210 valence electrons. The minimum absolute atomic E-state index is 0.114. The molecule has 0 aliphatic rings. The third-order valence-electron chi connectivity index (χ3n) is 6.97. The highest BCUT2D eigenvalue weighted by Gasteiger charge is 2.24. The van der Waals surface area contributed by atoms with Gasteiger partial charge in [0.05, 0.1) is 10.5 Å². The van der Waals surface area contributed by atoms with E-state index in [0.717, 1.165) is 10.8 Å². The number of hydrogen-bond donors (Lipinski definition) is 2. The summed E-state index contributed by atoms with van der Waals surface area (Å²) in [4.78, 5) is 39.7. The Morgan fingerprint density at radius 2 is 1.50 bits per heavy atom. The van der Waals surface area contributed by atoms with Gasteiger partial charge in [-0.25, -0.2) is 9.59 Å². The molecule has 0 unspecified atom stereocenters. The predicted molar refractivity (Wildman–Crippen MR) is 160 cm³/mol. The largest absolute Gasteiger partial charge is 0.507 e. The predicted octanol–water partition coefficient (Wildman–Crippen LogP) is 7.02. The lowest BCUT2D eigenvalue weighted by molar-refractivity contribution is -0.384. The van der Waals surface area contributed by atoms with Gasteiger partial charge < -0.3 is 14.9 Å². The normalized spacial score (nSPS) is 12.2. The number of rotatable bonds is 8. The number of phenols is 1. The lowest BCUT2D eigenvalue weighted by Gasteiger charge is -2.18. The number of nitro groups is 1. The number of nitrogens with zero attached hydrogens (tertiary/aromatic N) is 2. The van der Waals surface area contributed by atoms with Gasteiger partial charge in [0.2, 0.25) is 0 Å². The standard InChI is InChI=1S/C33H26N2O7/c1-19(2)30(32(37)38)34-18-23-17-22-8-4-6-10-26(22)29(31(23)36)28-25-9-5-3-7-20(25)13-16-27(28)42-33(39)21-11-14-24(15-12-21)35(40)41/h3-19,30,36H,1-2H3,(H,37,38)/t30-/m1/s1. The van der Waals surface area contributed by atoms with E-state index in [9.17, 15) is 29.9 Å². The Labute approximate surface area is 240 Å². The number of ether oxygens (including phenoxy) is 1. The first kappa shape index (κ1) is 28.0. The molecule has 5 aromatic carbocycles. The summed E-state index contributed by atoms with van der Waals surface area (Å²) in [6.45, 7) is 3.51. The molecule has 5 rings (SSSR count). The van der Waals surface area contributed by atoms with Gasteiger partial charge in [0.15, 0.2) is 0 Å². The topological polar surface area (TPSA) is 139 Å². The minimum Gasteiger partial charge on any atom is -0.507 e. The molecule has 0 heterocycles. The zero-order valence-electron chi connectivity index (χ0n) is 22.7. The summed E-state index contributed by atoms with van der Waals surface area (Å²) in [6, 6.07) is 24.0. The fourth-order valence-corrected chi connectivity index (χ4v) is 4.86. The number of hydrogen-bond acceptors (Lipinski definition) is 7. The van der Waals surface area contributed by atoms with E-state index in [4.69, 9.17) is 4.74 Å². The number of nitro benzene ring substituents is 1. The average Bonchev–Trinajstić information content (AvgIpc) is 2.97. The molecular weight excluding hydrogens is 536 g/mol. The highest BCUT2D eigenvalue weighted by Crippen LogP contribution is 2.46. The molecule has 1 atom stereocenters. The number of esters is 1. The molecule has 0 fully saturated rings. The first-order valence-electron chi connectivity index (χ1n) is 13.1. The van der Waals surface area contributed by atoms with Gasteiger partial charge in [-0.05, 0) is 51.7 Å². The number of carbonyl (C=O) groups is 2. The highest BCUT2D eigenvalue weighted by molar-refractivity contribution is 6.13. The Kier molecular flexibility index (Phi) is 7.66. The summed E-state index contributed by atoms with van der Waals surface area (Å²) in [7, 11) is 0. The SMILES string of the molecule is CC(C)[C@@H](N=Cc1cc2ccccc2c(-c2c(OC(=O)c3ccc([N+](=O)[O-])cc3)ccc3ccccc23)c1O)C(=O)O. The maximum atomic E-state index is 13.2. The van der Waals surface area contributed by atoms with Crippen LogP contribution in [0.15, 0.2) is 96.0 Å². The summed E-state index contributed by atoms with van der Waals surface area (Å²) < 4.78 is 5.87. The quantitative estimate of drug-likeness (QED) is 0.0681. The van der Waals surface area contributed by atoms with Gasteiger partial charge in [0.1, 0.15) is 17.5 Å². The van der Waals surface area contributed by atoms with Gasteiger partial charge in [-0.1, -0.05) is 68.4 Å². The van der Waals surface area contributed by atoms with Crippen molar-refractivity contribution in [2.75, 3.05) is 0 Å². The van der Waals surface area contributed by atoms with E-state index in [-0.39, 0.29) is 28.7 Å². The van der Waals surface area contributed by atoms with Crippen molar-refractivity contribution in [2.45, 2.75) is 19.9 Å². The second-order valence-corrected chi connectivity index (χ2v) is 10.1. The zero-order chi connectivity index (χ0) is 30.0. The lowest BCUT2D eigenvalue weighted by atomic mass is 9.90. The van der Waals surface area contributed by atoms with Crippen molar-refractivity contribution < 1.29 is 29.5 Å². The Hall–Kier alpha value is -5.57. The third kappa shape index (κ3) is 5.40. The van der Waals surface area contributed by atoms with E-state index in [1.165, 1.54) is 30.5 Å². The van der Waals surface area contributed by atoms with Crippen molar-refractivity contribution in [3.8, 4) is 22.6 Å². The van der Waals surface area contributed by atoms with Gasteiger partial charge in [0.25, 0.3) is 5.69 Å². The molecule has 2 N–H and O–H groups in total. The van der Waals surface area contributed by atoms with Crippen LogP contribution >= 0.6 is 0 Å². The number of fused-ring (bicyclic) bond motifs is 2. The molecule has 0 aliphatic carbocycles. The van der Waals surface area contributed by atoms with Crippen LogP contribution in [0.5, 0.6) is 11.5 Å². The average molecular weight is 563 g/mol. The van der Waals surface area contributed by atoms with Crippen molar-refractivity contribution >= 4 is 45.4 Å². The lowest BCUT2D eigenvalue weighted by Crippen LogP contribution is -2.24. The molecule has 0 saturated heterocycles. The molecule has 42 heavy (non-hydrogen) atoms. The first-order valence-corrected chi connectivity index (χ1v) is 13.1. The Balaban J connectivity index is 1.72. The van der Waals surface area contributed by atoms with Crippen LogP contribution in [0.3, 0.4) is 0 Å². The highest BCUT2D eigenvalue weighted by atomic mass is 16.6. The molecule has 0 saturated carbocycles.